The largest absolute Gasteiger partial charge is 0.463 e. The van der Waals surface area contributed by atoms with Gasteiger partial charge in [0.2, 0.25) is 5.43 Å². The van der Waals surface area contributed by atoms with E-state index in [0.29, 0.717) is 32.4 Å². The average molecular weight is 523 g/mol. The lowest BCUT2D eigenvalue weighted by atomic mass is 10.0. The van der Waals surface area contributed by atoms with Crippen molar-refractivity contribution in [3.8, 4) is 39.6 Å². The Morgan fingerprint density at radius 2 is 1.51 bits per heavy atom. The van der Waals surface area contributed by atoms with Crippen LogP contribution in [0.1, 0.15) is 5.56 Å². The molecule has 0 aliphatic rings. The molecule has 0 aliphatic carbocycles. The Hall–Kier alpha value is -4.12. The van der Waals surface area contributed by atoms with Gasteiger partial charge in [0, 0.05) is 26.9 Å². The Bertz CT molecular complexity index is 1820. The third kappa shape index (κ3) is 4.14. The Labute approximate surface area is 223 Å². The number of fused-ring (bicyclic) bond motifs is 1. The topological polar surface area (TPSA) is 48.0 Å². The minimum absolute atomic E-state index is 0.212. The number of hydrogen-bond acceptors (Lipinski definition) is 3. The Kier molecular flexibility index (Phi) is 5.91. The summed E-state index contributed by atoms with van der Waals surface area (Å²) in [4.78, 5) is 18.9. The van der Waals surface area contributed by atoms with Gasteiger partial charge in [0.1, 0.15) is 17.4 Å². The zero-order valence-electron chi connectivity index (χ0n) is 19.8. The van der Waals surface area contributed by atoms with Crippen LogP contribution >= 0.6 is 23.2 Å². The standard InChI is InChI=1S/C31H20Cl2N2O2/c1-19-15-27-24(17-26(19)33)30(36)25(18-37-27)31-34-28(20-9-4-2-5-10-20)29(21-11-6-3-7-12-21)35(31)23-14-8-13-22(32)16-23/h2-18H,1H3. The van der Waals surface area contributed by atoms with E-state index in [9.17, 15) is 4.79 Å². The highest BCUT2D eigenvalue weighted by molar-refractivity contribution is 6.32. The summed E-state index contributed by atoms with van der Waals surface area (Å²) in [6.07, 6.45) is 1.48. The zero-order chi connectivity index (χ0) is 25.5. The molecular formula is C31H20Cl2N2O2. The van der Waals surface area contributed by atoms with E-state index in [1.807, 2.05) is 96.4 Å². The van der Waals surface area contributed by atoms with Gasteiger partial charge in [-0.05, 0) is 42.8 Å². The molecule has 6 aromatic rings. The van der Waals surface area contributed by atoms with Crippen molar-refractivity contribution in [3.63, 3.8) is 0 Å². The molecule has 4 nitrogen and oxygen atoms in total. The molecular weight excluding hydrogens is 503 g/mol. The number of nitrogens with zero attached hydrogens (tertiary/aromatic N) is 2. The normalized spacial score (nSPS) is 11.2. The monoisotopic (exact) mass is 522 g/mol. The maximum atomic E-state index is 13.8. The summed E-state index contributed by atoms with van der Waals surface area (Å²) in [5, 5.41) is 1.48. The minimum atomic E-state index is -0.212. The molecule has 0 spiro atoms. The number of aromatic nitrogens is 2. The van der Waals surface area contributed by atoms with Crippen LogP contribution in [0.25, 0.3) is 50.6 Å². The van der Waals surface area contributed by atoms with Crippen molar-refractivity contribution in [1.82, 2.24) is 9.55 Å². The third-order valence-corrected chi connectivity index (χ3v) is 6.98. The molecule has 4 aromatic carbocycles. The van der Waals surface area contributed by atoms with Crippen molar-refractivity contribution < 1.29 is 4.42 Å². The van der Waals surface area contributed by atoms with Gasteiger partial charge in [-0.1, -0.05) is 89.9 Å². The van der Waals surface area contributed by atoms with Gasteiger partial charge in [-0.2, -0.15) is 0 Å². The lowest BCUT2D eigenvalue weighted by molar-refractivity contribution is 0.603. The van der Waals surface area contributed by atoms with Crippen molar-refractivity contribution in [2.75, 3.05) is 0 Å². The predicted octanol–water partition coefficient (Wildman–Crippen LogP) is 8.59. The molecule has 0 saturated heterocycles. The van der Waals surface area contributed by atoms with Gasteiger partial charge in [0.25, 0.3) is 0 Å². The summed E-state index contributed by atoms with van der Waals surface area (Å²) in [5.41, 5.74) is 5.65. The van der Waals surface area contributed by atoms with Gasteiger partial charge >= 0.3 is 0 Å². The highest BCUT2D eigenvalue weighted by Crippen LogP contribution is 2.38. The fourth-order valence-electron chi connectivity index (χ4n) is 4.53. The second kappa shape index (κ2) is 9.40. The smallest absolute Gasteiger partial charge is 0.203 e. The van der Waals surface area contributed by atoms with Crippen LogP contribution in [0.15, 0.2) is 113 Å². The summed E-state index contributed by atoms with van der Waals surface area (Å²) < 4.78 is 7.92. The van der Waals surface area contributed by atoms with E-state index >= 15 is 0 Å². The lowest BCUT2D eigenvalue weighted by Crippen LogP contribution is -2.09. The molecule has 0 atom stereocenters. The average Bonchev–Trinajstić information content (AvgIpc) is 3.31. The second-order valence-electron chi connectivity index (χ2n) is 8.76. The van der Waals surface area contributed by atoms with Crippen LogP contribution in [-0.4, -0.2) is 9.55 Å². The Morgan fingerprint density at radius 1 is 0.811 bits per heavy atom. The number of rotatable bonds is 4. The number of hydrogen-bond donors (Lipinski definition) is 0. The van der Waals surface area contributed by atoms with Crippen molar-refractivity contribution in [3.05, 3.63) is 129 Å². The van der Waals surface area contributed by atoms with Crippen molar-refractivity contribution in [2.24, 2.45) is 0 Å². The lowest BCUT2D eigenvalue weighted by Gasteiger charge is -2.14. The van der Waals surface area contributed by atoms with Crippen LogP contribution in [-0.2, 0) is 0 Å². The summed E-state index contributed by atoms with van der Waals surface area (Å²) >= 11 is 12.8. The maximum Gasteiger partial charge on any atom is 0.203 e. The molecule has 37 heavy (non-hydrogen) atoms. The first-order valence-corrected chi connectivity index (χ1v) is 12.5. The van der Waals surface area contributed by atoms with Gasteiger partial charge in [-0.15, -0.1) is 0 Å². The SMILES string of the molecule is Cc1cc2occ(-c3nc(-c4ccccc4)c(-c4ccccc4)n3-c3cccc(Cl)c3)c(=O)c2cc1Cl. The van der Waals surface area contributed by atoms with E-state index in [4.69, 9.17) is 32.6 Å². The van der Waals surface area contributed by atoms with Crippen LogP contribution in [0.3, 0.4) is 0 Å². The molecule has 0 fully saturated rings. The summed E-state index contributed by atoms with van der Waals surface area (Å²) in [5.74, 6) is 0.451. The molecule has 6 heteroatoms. The number of benzene rings is 4. The van der Waals surface area contributed by atoms with E-state index in [-0.39, 0.29) is 5.43 Å². The Morgan fingerprint density at radius 3 is 2.22 bits per heavy atom. The fraction of sp³-hybridized carbons (Fsp3) is 0.0323. The van der Waals surface area contributed by atoms with Gasteiger partial charge in [-0.3, -0.25) is 9.36 Å². The molecule has 2 heterocycles. The summed E-state index contributed by atoms with van der Waals surface area (Å²) in [6, 6.07) is 30.8. The fourth-order valence-corrected chi connectivity index (χ4v) is 4.88. The van der Waals surface area contributed by atoms with Gasteiger partial charge < -0.3 is 4.42 Å². The molecule has 0 bridgehead atoms. The van der Waals surface area contributed by atoms with Crippen LogP contribution < -0.4 is 5.43 Å². The molecule has 0 radical (unpaired) electrons. The van der Waals surface area contributed by atoms with E-state index in [1.165, 1.54) is 6.26 Å². The Balaban J connectivity index is 1.75. The zero-order valence-corrected chi connectivity index (χ0v) is 21.3. The minimum Gasteiger partial charge on any atom is -0.463 e. The molecule has 0 saturated carbocycles. The van der Waals surface area contributed by atoms with E-state index < -0.39 is 0 Å². The molecule has 180 valence electrons. The van der Waals surface area contributed by atoms with E-state index in [0.717, 1.165) is 33.8 Å². The quantitative estimate of drug-likeness (QED) is 0.233. The van der Waals surface area contributed by atoms with Crippen LogP contribution in [0.2, 0.25) is 10.0 Å². The molecule has 6 rings (SSSR count). The number of imidazole rings is 1. The van der Waals surface area contributed by atoms with Crippen molar-refractivity contribution in [2.45, 2.75) is 6.92 Å². The highest BCUT2D eigenvalue weighted by atomic mass is 35.5. The van der Waals surface area contributed by atoms with E-state index in [1.54, 1.807) is 12.1 Å². The summed E-state index contributed by atoms with van der Waals surface area (Å²) in [6.45, 7) is 1.87. The maximum absolute atomic E-state index is 13.8. The molecule has 2 aromatic heterocycles. The second-order valence-corrected chi connectivity index (χ2v) is 9.60. The molecule has 0 unspecified atom stereocenters. The molecule has 0 N–H and O–H groups in total. The highest BCUT2D eigenvalue weighted by Gasteiger charge is 2.25. The first-order chi connectivity index (χ1) is 18.0. The third-order valence-electron chi connectivity index (χ3n) is 6.33. The first kappa shape index (κ1) is 23.3. The molecule has 0 aliphatic heterocycles. The van der Waals surface area contributed by atoms with Crippen LogP contribution in [0, 0.1) is 6.92 Å². The van der Waals surface area contributed by atoms with Gasteiger partial charge in [0.15, 0.2) is 5.82 Å². The van der Waals surface area contributed by atoms with Crippen molar-refractivity contribution >= 4 is 34.2 Å². The van der Waals surface area contributed by atoms with Crippen molar-refractivity contribution in [1.29, 1.82) is 0 Å². The van der Waals surface area contributed by atoms with Gasteiger partial charge in [0.05, 0.1) is 16.8 Å². The van der Waals surface area contributed by atoms with Gasteiger partial charge in [-0.25, -0.2) is 4.98 Å². The predicted molar refractivity (Wildman–Crippen MR) is 151 cm³/mol. The van der Waals surface area contributed by atoms with Crippen LogP contribution in [0.5, 0.6) is 0 Å². The van der Waals surface area contributed by atoms with E-state index in [2.05, 4.69) is 0 Å². The summed E-state index contributed by atoms with van der Waals surface area (Å²) in [7, 11) is 0. The van der Waals surface area contributed by atoms with Crippen LogP contribution in [0.4, 0.5) is 0 Å². The number of halogens is 2. The molecule has 0 amide bonds. The number of aryl methyl sites for hydroxylation is 1. The first-order valence-electron chi connectivity index (χ1n) is 11.7.